The highest BCUT2D eigenvalue weighted by molar-refractivity contribution is 6.17. The van der Waals surface area contributed by atoms with E-state index in [9.17, 15) is 0 Å². The highest BCUT2D eigenvalue weighted by Crippen LogP contribution is 2.43. The van der Waals surface area contributed by atoms with E-state index < -0.39 is 0 Å². The number of benzene rings is 6. The van der Waals surface area contributed by atoms with Crippen molar-refractivity contribution in [3.63, 3.8) is 0 Å². The van der Waals surface area contributed by atoms with Crippen LogP contribution >= 0.6 is 0 Å². The molecule has 0 saturated heterocycles. The second-order valence-electron chi connectivity index (χ2n) is 10.7. The maximum Gasteiger partial charge on any atom is -0.00956 e. The molecule has 2 aliphatic rings. The molecule has 8 rings (SSSR count). The molecule has 6 aromatic carbocycles. The second-order valence-corrected chi connectivity index (χ2v) is 10.7. The SMILES string of the molecule is C1=Cc2ccc(-c3cc4c(cc(-c5ccc6ccccc6c5)c5ccccc54)c4c3C=CCC4)cc2CC1. The van der Waals surface area contributed by atoms with Gasteiger partial charge >= 0.3 is 0 Å². The third-order valence-electron chi connectivity index (χ3n) is 8.55. The van der Waals surface area contributed by atoms with Gasteiger partial charge in [0.15, 0.2) is 0 Å². The van der Waals surface area contributed by atoms with Crippen LogP contribution in [0.25, 0.3) is 66.7 Å². The average molecular weight is 485 g/mol. The van der Waals surface area contributed by atoms with Crippen LogP contribution in [-0.4, -0.2) is 0 Å². The molecule has 0 atom stereocenters. The van der Waals surface area contributed by atoms with Crippen LogP contribution in [0.5, 0.6) is 0 Å². The molecule has 0 bridgehead atoms. The van der Waals surface area contributed by atoms with Crippen molar-refractivity contribution >= 4 is 44.5 Å². The maximum absolute atomic E-state index is 2.47. The van der Waals surface area contributed by atoms with E-state index in [0.717, 1.165) is 25.7 Å². The van der Waals surface area contributed by atoms with E-state index in [1.54, 1.807) is 0 Å². The van der Waals surface area contributed by atoms with Gasteiger partial charge in [0, 0.05) is 0 Å². The Kier molecular flexibility index (Phi) is 4.88. The van der Waals surface area contributed by atoms with E-state index in [0.29, 0.717) is 0 Å². The summed E-state index contributed by atoms with van der Waals surface area (Å²) in [6, 6.07) is 36.6. The third-order valence-corrected chi connectivity index (χ3v) is 8.55. The summed E-state index contributed by atoms with van der Waals surface area (Å²) >= 11 is 0. The summed E-state index contributed by atoms with van der Waals surface area (Å²) < 4.78 is 0. The quantitative estimate of drug-likeness (QED) is 0.214. The van der Waals surface area contributed by atoms with Gasteiger partial charge in [0.2, 0.25) is 0 Å². The van der Waals surface area contributed by atoms with Crippen molar-refractivity contribution in [2.75, 3.05) is 0 Å². The lowest BCUT2D eigenvalue weighted by Gasteiger charge is -2.22. The fraction of sp³-hybridized carbons (Fsp3) is 0.105. The van der Waals surface area contributed by atoms with Crippen LogP contribution in [0.2, 0.25) is 0 Å². The Balaban J connectivity index is 1.43. The van der Waals surface area contributed by atoms with Crippen LogP contribution in [0, 0.1) is 0 Å². The monoisotopic (exact) mass is 484 g/mol. The van der Waals surface area contributed by atoms with Crippen molar-refractivity contribution in [1.29, 1.82) is 0 Å². The van der Waals surface area contributed by atoms with E-state index in [1.807, 2.05) is 0 Å². The predicted molar refractivity (Wildman–Crippen MR) is 165 cm³/mol. The summed E-state index contributed by atoms with van der Waals surface area (Å²) in [7, 11) is 0. The van der Waals surface area contributed by atoms with Gasteiger partial charge in [0.1, 0.15) is 0 Å². The van der Waals surface area contributed by atoms with Gasteiger partial charge in [-0.05, 0) is 121 Å². The number of allylic oxidation sites excluding steroid dienone is 2. The predicted octanol–water partition coefficient (Wildman–Crippen LogP) is 10.4. The molecule has 0 fully saturated rings. The molecule has 0 spiro atoms. The Bertz CT molecular complexity index is 1960. The summed E-state index contributed by atoms with van der Waals surface area (Å²) in [5.74, 6) is 0. The van der Waals surface area contributed by atoms with Crippen LogP contribution in [-0.2, 0) is 12.8 Å². The topological polar surface area (TPSA) is 0 Å². The van der Waals surface area contributed by atoms with E-state index in [2.05, 4.69) is 121 Å². The first-order valence-corrected chi connectivity index (χ1v) is 13.8. The Morgan fingerprint density at radius 1 is 0.474 bits per heavy atom. The summed E-state index contributed by atoms with van der Waals surface area (Å²) in [5, 5.41) is 8.00. The molecule has 6 aromatic rings. The molecular formula is C38H28. The number of aryl methyl sites for hydroxylation is 2. The van der Waals surface area contributed by atoms with Gasteiger partial charge in [-0.2, -0.15) is 0 Å². The molecule has 0 nitrogen and oxygen atoms in total. The fourth-order valence-electron chi connectivity index (χ4n) is 6.66. The highest BCUT2D eigenvalue weighted by Gasteiger charge is 2.19. The fourth-order valence-corrected chi connectivity index (χ4v) is 6.66. The molecule has 0 heterocycles. The van der Waals surface area contributed by atoms with Gasteiger partial charge in [-0.3, -0.25) is 0 Å². The van der Waals surface area contributed by atoms with E-state index in [4.69, 9.17) is 0 Å². The van der Waals surface area contributed by atoms with Crippen molar-refractivity contribution in [2.45, 2.75) is 25.7 Å². The lowest BCUT2D eigenvalue weighted by molar-refractivity contribution is 0.985. The molecule has 0 saturated carbocycles. The van der Waals surface area contributed by atoms with Crippen molar-refractivity contribution in [1.82, 2.24) is 0 Å². The first-order chi connectivity index (χ1) is 18.8. The van der Waals surface area contributed by atoms with Crippen LogP contribution < -0.4 is 0 Å². The lowest BCUT2D eigenvalue weighted by Crippen LogP contribution is -2.01. The van der Waals surface area contributed by atoms with Gasteiger partial charge in [0.05, 0.1) is 0 Å². The molecule has 0 amide bonds. The number of fused-ring (bicyclic) bond motifs is 7. The third kappa shape index (κ3) is 3.37. The zero-order valence-corrected chi connectivity index (χ0v) is 21.4. The molecule has 0 aromatic heterocycles. The molecule has 0 aliphatic heterocycles. The van der Waals surface area contributed by atoms with E-state index in [-0.39, 0.29) is 0 Å². The molecule has 0 unspecified atom stereocenters. The highest BCUT2D eigenvalue weighted by atomic mass is 14.2. The Morgan fingerprint density at radius 2 is 1.21 bits per heavy atom. The summed E-state index contributed by atoms with van der Waals surface area (Å²) in [6.07, 6.45) is 13.7. The molecule has 38 heavy (non-hydrogen) atoms. The first-order valence-electron chi connectivity index (χ1n) is 13.8. The van der Waals surface area contributed by atoms with Gasteiger partial charge < -0.3 is 0 Å². The zero-order valence-electron chi connectivity index (χ0n) is 21.4. The van der Waals surface area contributed by atoms with Gasteiger partial charge in [-0.15, -0.1) is 0 Å². The minimum absolute atomic E-state index is 1.08. The van der Waals surface area contributed by atoms with Crippen LogP contribution in [0.1, 0.15) is 35.1 Å². The molecule has 2 aliphatic carbocycles. The summed E-state index contributed by atoms with van der Waals surface area (Å²) in [6.45, 7) is 0. The van der Waals surface area contributed by atoms with Gasteiger partial charge in [-0.1, -0.05) is 103 Å². The first kappa shape index (κ1) is 21.6. The normalized spacial score (nSPS) is 14.2. The largest absolute Gasteiger partial charge is 0.0836 e. The second kappa shape index (κ2) is 8.57. The molecule has 180 valence electrons. The summed E-state index contributed by atoms with van der Waals surface area (Å²) in [4.78, 5) is 0. The van der Waals surface area contributed by atoms with Crippen molar-refractivity contribution in [2.24, 2.45) is 0 Å². The van der Waals surface area contributed by atoms with Crippen molar-refractivity contribution < 1.29 is 0 Å². The van der Waals surface area contributed by atoms with Gasteiger partial charge in [0.25, 0.3) is 0 Å². The Labute approximate surface area is 223 Å². The van der Waals surface area contributed by atoms with Gasteiger partial charge in [-0.25, -0.2) is 0 Å². The number of hydrogen-bond donors (Lipinski definition) is 0. The standard InChI is InChI=1S/C38H28/c1-3-11-27-21-29(19-17-25(27)9-1)35-23-37-34-16-8-6-14-32(34)36(24-38(37)33-15-7-5-13-31(33)35)30-20-18-26-10-2-4-12-28(26)22-30/h1-3,5-7,9-11,13-15,17-24H,4,8,12,16H2. The summed E-state index contributed by atoms with van der Waals surface area (Å²) in [5.41, 5.74) is 11.0. The molecule has 0 radical (unpaired) electrons. The van der Waals surface area contributed by atoms with Crippen LogP contribution in [0.15, 0.2) is 109 Å². The number of hydrogen-bond acceptors (Lipinski definition) is 0. The molecule has 0 N–H and O–H groups in total. The zero-order chi connectivity index (χ0) is 25.1. The van der Waals surface area contributed by atoms with Crippen molar-refractivity contribution in [3.8, 4) is 22.3 Å². The lowest BCUT2D eigenvalue weighted by atomic mass is 9.82. The Morgan fingerprint density at radius 3 is 2.16 bits per heavy atom. The van der Waals surface area contributed by atoms with E-state index in [1.165, 1.54) is 76.8 Å². The minimum Gasteiger partial charge on any atom is -0.0836 e. The van der Waals surface area contributed by atoms with Crippen LogP contribution in [0.3, 0.4) is 0 Å². The van der Waals surface area contributed by atoms with Crippen LogP contribution in [0.4, 0.5) is 0 Å². The minimum atomic E-state index is 1.08. The Hall–Kier alpha value is -4.42. The average Bonchev–Trinajstić information content (AvgIpc) is 2.99. The molecule has 0 heteroatoms. The maximum atomic E-state index is 2.47. The van der Waals surface area contributed by atoms with E-state index >= 15 is 0 Å². The van der Waals surface area contributed by atoms with Crippen molar-refractivity contribution in [3.05, 3.63) is 131 Å². The smallest absolute Gasteiger partial charge is 0.00956 e. The number of rotatable bonds is 2. The molecular weight excluding hydrogens is 456 g/mol.